The van der Waals surface area contributed by atoms with E-state index in [2.05, 4.69) is 4.74 Å². The number of alkyl halides is 2. The maximum Gasteiger partial charge on any atom is 0.378 e. The molecular weight excluding hydrogens is 213 g/mol. The topological polar surface area (TPSA) is 60.4 Å². The molecule has 0 spiro atoms. The van der Waals surface area contributed by atoms with Gasteiger partial charge in [-0.05, 0) is 6.92 Å². The van der Waals surface area contributed by atoms with Crippen LogP contribution in [0.3, 0.4) is 0 Å². The summed E-state index contributed by atoms with van der Waals surface area (Å²) in [5, 5.41) is 0. The minimum Gasteiger partial charge on any atom is -0.462 e. The molecule has 0 radical (unpaired) electrons. The third-order valence-corrected chi connectivity index (χ3v) is 1.64. The van der Waals surface area contributed by atoms with Crippen LogP contribution in [0.1, 0.15) is 6.92 Å². The van der Waals surface area contributed by atoms with Crippen molar-refractivity contribution in [2.75, 3.05) is 12.4 Å². The number of esters is 1. The van der Waals surface area contributed by atoms with Crippen LogP contribution < -0.4 is 0 Å². The largest absolute Gasteiger partial charge is 0.462 e. The summed E-state index contributed by atoms with van der Waals surface area (Å²) < 4.78 is 60.0. The number of carbonyl (C=O) groups is 1. The molecule has 0 aromatic carbocycles. The summed E-state index contributed by atoms with van der Waals surface area (Å²) in [6.07, 6.45) is 0. The number of rotatable bonds is 4. The lowest BCUT2D eigenvalue weighted by molar-refractivity contribution is -0.168. The Kier molecular flexibility index (Phi) is 3.71. The van der Waals surface area contributed by atoms with Crippen molar-refractivity contribution < 1.29 is 30.6 Å². The first-order valence-corrected chi connectivity index (χ1v) is 4.71. The highest BCUT2D eigenvalue weighted by Crippen LogP contribution is 2.18. The van der Waals surface area contributed by atoms with Crippen molar-refractivity contribution in [1.29, 1.82) is 0 Å². The predicted octanol–water partition coefficient (Wildman–Crippen LogP) is 0.484. The molecule has 0 bridgehead atoms. The molecule has 8 heteroatoms. The first kappa shape index (κ1) is 12.2. The molecule has 0 aromatic heterocycles. The summed E-state index contributed by atoms with van der Waals surface area (Å²) in [6.45, 7) is 0.929. The fraction of sp³-hybridized carbons (Fsp3) is 0.800. The van der Waals surface area contributed by atoms with Crippen LogP contribution in [-0.4, -0.2) is 32.7 Å². The lowest BCUT2D eigenvalue weighted by Gasteiger charge is -2.11. The fourth-order valence-corrected chi connectivity index (χ4v) is 1.06. The highest BCUT2D eigenvalue weighted by Gasteiger charge is 2.45. The monoisotopic (exact) mass is 220 g/mol. The summed E-state index contributed by atoms with van der Waals surface area (Å²) in [7, 11) is -5.40. The normalized spacial score (nSPS) is 12.6. The van der Waals surface area contributed by atoms with Crippen LogP contribution in [0.5, 0.6) is 0 Å². The molecule has 0 fully saturated rings. The molecule has 13 heavy (non-hydrogen) atoms. The molecule has 0 atom stereocenters. The zero-order chi connectivity index (χ0) is 10.7. The predicted molar refractivity (Wildman–Crippen MR) is 36.5 cm³/mol. The Hall–Kier alpha value is -0.790. The van der Waals surface area contributed by atoms with Crippen LogP contribution in [-0.2, 0) is 19.8 Å². The maximum absolute atomic E-state index is 12.4. The Balaban J connectivity index is 4.49. The van der Waals surface area contributed by atoms with Gasteiger partial charge in [0.25, 0.3) is 0 Å². The van der Waals surface area contributed by atoms with E-state index in [9.17, 15) is 25.9 Å². The second-order valence-electron chi connectivity index (χ2n) is 2.11. The molecule has 0 amide bonds. The average molecular weight is 220 g/mol. The molecule has 0 aliphatic carbocycles. The van der Waals surface area contributed by atoms with Gasteiger partial charge in [0, 0.05) is 0 Å². The van der Waals surface area contributed by atoms with Crippen molar-refractivity contribution in [3.8, 4) is 0 Å². The van der Waals surface area contributed by atoms with Crippen molar-refractivity contribution in [3.63, 3.8) is 0 Å². The number of hydrogen-bond acceptors (Lipinski definition) is 4. The zero-order valence-corrected chi connectivity index (χ0v) is 7.41. The molecular formula is C5H7F3O4S. The van der Waals surface area contributed by atoms with E-state index in [0.29, 0.717) is 0 Å². The van der Waals surface area contributed by atoms with Gasteiger partial charge in [-0.2, -0.15) is 17.2 Å². The van der Waals surface area contributed by atoms with E-state index in [1.54, 1.807) is 0 Å². The highest BCUT2D eigenvalue weighted by molar-refractivity contribution is 7.86. The van der Waals surface area contributed by atoms with E-state index in [1.807, 2.05) is 0 Å². The smallest absolute Gasteiger partial charge is 0.378 e. The van der Waals surface area contributed by atoms with Gasteiger partial charge in [0.15, 0.2) is 5.75 Å². The van der Waals surface area contributed by atoms with E-state index in [-0.39, 0.29) is 6.61 Å². The van der Waals surface area contributed by atoms with E-state index in [4.69, 9.17) is 0 Å². The maximum atomic E-state index is 12.4. The highest BCUT2D eigenvalue weighted by atomic mass is 32.3. The Morgan fingerprint density at radius 3 is 2.23 bits per heavy atom. The van der Waals surface area contributed by atoms with Gasteiger partial charge in [0.1, 0.15) is 0 Å². The molecule has 0 N–H and O–H groups in total. The van der Waals surface area contributed by atoms with Crippen molar-refractivity contribution in [3.05, 3.63) is 0 Å². The number of ether oxygens (including phenoxy) is 1. The van der Waals surface area contributed by atoms with E-state index in [0.717, 1.165) is 0 Å². The molecule has 4 nitrogen and oxygen atoms in total. The standard InChI is InChI=1S/C5H7F3O4S/c1-2-12-4(9)5(6,7)3-13(8,10)11/h2-3H2,1H3. The quantitative estimate of drug-likeness (QED) is 0.510. The zero-order valence-electron chi connectivity index (χ0n) is 6.59. The van der Waals surface area contributed by atoms with Gasteiger partial charge in [-0.3, -0.25) is 0 Å². The summed E-state index contributed by atoms with van der Waals surface area (Å²) >= 11 is 0. The Morgan fingerprint density at radius 1 is 1.46 bits per heavy atom. The minimum atomic E-state index is -5.40. The number of hydrogen-bond donors (Lipinski definition) is 0. The molecule has 0 heterocycles. The summed E-state index contributed by atoms with van der Waals surface area (Å²) in [5.41, 5.74) is 0. The summed E-state index contributed by atoms with van der Waals surface area (Å²) in [4.78, 5) is 10.3. The molecule has 0 saturated carbocycles. The van der Waals surface area contributed by atoms with Gasteiger partial charge in [-0.15, -0.1) is 3.89 Å². The number of halogens is 3. The van der Waals surface area contributed by atoms with Crippen molar-refractivity contribution in [2.45, 2.75) is 12.8 Å². The average Bonchev–Trinajstić information content (AvgIpc) is 1.82. The van der Waals surface area contributed by atoms with Crippen LogP contribution in [0, 0.1) is 0 Å². The van der Waals surface area contributed by atoms with Gasteiger partial charge in [0.2, 0.25) is 0 Å². The van der Waals surface area contributed by atoms with Crippen molar-refractivity contribution in [2.24, 2.45) is 0 Å². The SMILES string of the molecule is CCOC(=O)C(F)(F)CS(=O)(=O)F. The van der Waals surface area contributed by atoms with Crippen molar-refractivity contribution in [1.82, 2.24) is 0 Å². The molecule has 78 valence electrons. The van der Waals surface area contributed by atoms with Gasteiger partial charge in [-0.1, -0.05) is 0 Å². The molecule has 0 aromatic rings. The van der Waals surface area contributed by atoms with Gasteiger partial charge in [0.05, 0.1) is 6.61 Å². The van der Waals surface area contributed by atoms with Gasteiger partial charge in [-0.25, -0.2) is 4.79 Å². The van der Waals surface area contributed by atoms with Crippen molar-refractivity contribution >= 4 is 16.2 Å². The van der Waals surface area contributed by atoms with Crippen LogP contribution in [0.2, 0.25) is 0 Å². The van der Waals surface area contributed by atoms with Crippen LogP contribution >= 0.6 is 0 Å². The van der Waals surface area contributed by atoms with Crippen LogP contribution in [0.25, 0.3) is 0 Å². The van der Waals surface area contributed by atoms with Crippen LogP contribution in [0.4, 0.5) is 12.7 Å². The molecule has 0 unspecified atom stereocenters. The van der Waals surface area contributed by atoms with E-state index >= 15 is 0 Å². The molecule has 0 aliphatic rings. The first-order valence-electron chi connectivity index (χ1n) is 3.16. The number of carbonyl (C=O) groups excluding carboxylic acids is 1. The van der Waals surface area contributed by atoms with Gasteiger partial charge < -0.3 is 4.74 Å². The Morgan fingerprint density at radius 2 is 1.92 bits per heavy atom. The Labute approximate surface area is 72.9 Å². The lowest BCUT2D eigenvalue weighted by atomic mass is 10.4. The summed E-state index contributed by atoms with van der Waals surface area (Å²) in [5.74, 6) is -8.56. The van der Waals surface area contributed by atoms with Gasteiger partial charge >= 0.3 is 22.1 Å². The van der Waals surface area contributed by atoms with Crippen LogP contribution in [0.15, 0.2) is 0 Å². The minimum absolute atomic E-state index is 0.333. The third kappa shape index (κ3) is 4.71. The molecule has 0 rings (SSSR count). The second-order valence-corrected chi connectivity index (χ2v) is 3.47. The molecule has 0 saturated heterocycles. The lowest BCUT2D eigenvalue weighted by Crippen LogP contribution is -2.37. The first-order chi connectivity index (χ1) is 5.69. The molecule has 0 aliphatic heterocycles. The van der Waals surface area contributed by atoms with E-state index in [1.165, 1.54) is 6.92 Å². The summed E-state index contributed by atoms with van der Waals surface area (Å²) in [6, 6.07) is 0. The second kappa shape index (κ2) is 3.95. The Bertz CT molecular complexity index is 284. The fourth-order valence-electron chi connectivity index (χ4n) is 0.512. The van der Waals surface area contributed by atoms with E-state index < -0.39 is 27.9 Å². The third-order valence-electron chi connectivity index (χ3n) is 0.928.